The SMILES string of the molecule is CC(c1ccncc1)N(C)C(=O)CC1CNC1. The molecule has 1 fully saturated rings. The second-order valence-corrected chi connectivity index (χ2v) is 4.69. The molecule has 1 amide bonds. The normalized spacial score (nSPS) is 17.3. The van der Waals surface area contributed by atoms with Gasteiger partial charge in [-0.1, -0.05) is 0 Å². The predicted molar refractivity (Wildman–Crippen MR) is 66.4 cm³/mol. The number of carbonyl (C=O) groups is 1. The van der Waals surface area contributed by atoms with Crippen LogP contribution in [-0.4, -0.2) is 35.9 Å². The molecule has 1 aliphatic rings. The first kappa shape index (κ1) is 12.0. The molecule has 2 rings (SSSR count). The van der Waals surface area contributed by atoms with Gasteiger partial charge in [-0.2, -0.15) is 0 Å². The van der Waals surface area contributed by atoms with Gasteiger partial charge in [-0.25, -0.2) is 0 Å². The quantitative estimate of drug-likeness (QED) is 0.850. The van der Waals surface area contributed by atoms with E-state index in [1.165, 1.54) is 0 Å². The van der Waals surface area contributed by atoms with Gasteiger partial charge < -0.3 is 10.2 Å². The van der Waals surface area contributed by atoms with Crippen molar-refractivity contribution in [3.8, 4) is 0 Å². The lowest BCUT2D eigenvalue weighted by atomic mass is 9.98. The van der Waals surface area contributed by atoms with Gasteiger partial charge in [-0.3, -0.25) is 9.78 Å². The zero-order chi connectivity index (χ0) is 12.3. The molecule has 0 aromatic carbocycles. The summed E-state index contributed by atoms with van der Waals surface area (Å²) >= 11 is 0. The van der Waals surface area contributed by atoms with Crippen LogP contribution in [0.1, 0.15) is 24.9 Å². The van der Waals surface area contributed by atoms with Crippen LogP contribution in [-0.2, 0) is 4.79 Å². The molecule has 2 heterocycles. The second kappa shape index (κ2) is 5.27. The molecule has 0 radical (unpaired) electrons. The average Bonchev–Trinajstić information content (AvgIpc) is 2.32. The topological polar surface area (TPSA) is 45.2 Å². The first-order chi connectivity index (χ1) is 8.18. The summed E-state index contributed by atoms with van der Waals surface area (Å²) in [5.41, 5.74) is 1.13. The van der Waals surface area contributed by atoms with E-state index in [2.05, 4.69) is 10.3 Å². The van der Waals surface area contributed by atoms with E-state index >= 15 is 0 Å². The minimum atomic E-state index is 0.110. The van der Waals surface area contributed by atoms with Crippen LogP contribution in [0.3, 0.4) is 0 Å². The zero-order valence-corrected chi connectivity index (χ0v) is 10.4. The van der Waals surface area contributed by atoms with Crippen LogP contribution in [0.5, 0.6) is 0 Å². The lowest BCUT2D eigenvalue weighted by molar-refractivity contribution is -0.133. The Morgan fingerprint density at radius 1 is 1.53 bits per heavy atom. The fraction of sp³-hybridized carbons (Fsp3) is 0.538. The number of carbonyl (C=O) groups excluding carboxylic acids is 1. The Balaban J connectivity index is 1.94. The Kier molecular flexibility index (Phi) is 3.74. The van der Waals surface area contributed by atoms with Crippen molar-refractivity contribution in [2.45, 2.75) is 19.4 Å². The Morgan fingerprint density at radius 3 is 2.71 bits per heavy atom. The minimum absolute atomic E-state index is 0.110. The summed E-state index contributed by atoms with van der Waals surface area (Å²) in [5.74, 6) is 0.746. The number of rotatable bonds is 4. The highest BCUT2D eigenvalue weighted by molar-refractivity contribution is 5.76. The summed E-state index contributed by atoms with van der Waals surface area (Å²) in [5, 5.41) is 3.19. The highest BCUT2D eigenvalue weighted by Crippen LogP contribution is 2.20. The van der Waals surface area contributed by atoms with Crippen molar-refractivity contribution in [3.05, 3.63) is 30.1 Å². The maximum absolute atomic E-state index is 12.0. The highest BCUT2D eigenvalue weighted by Gasteiger charge is 2.24. The van der Waals surface area contributed by atoms with Crippen molar-refractivity contribution in [3.63, 3.8) is 0 Å². The molecule has 4 heteroatoms. The maximum atomic E-state index is 12.0. The van der Waals surface area contributed by atoms with Gasteiger partial charge in [0.1, 0.15) is 0 Å². The van der Waals surface area contributed by atoms with Gasteiger partial charge in [-0.15, -0.1) is 0 Å². The Morgan fingerprint density at radius 2 is 2.18 bits per heavy atom. The molecule has 0 saturated carbocycles. The average molecular weight is 233 g/mol. The molecular formula is C13H19N3O. The smallest absolute Gasteiger partial charge is 0.223 e. The van der Waals surface area contributed by atoms with Gasteiger partial charge >= 0.3 is 0 Å². The Hall–Kier alpha value is -1.42. The van der Waals surface area contributed by atoms with Crippen molar-refractivity contribution in [1.82, 2.24) is 15.2 Å². The first-order valence-corrected chi connectivity index (χ1v) is 6.04. The van der Waals surface area contributed by atoms with Crippen LogP contribution < -0.4 is 5.32 Å². The molecule has 4 nitrogen and oxygen atoms in total. The molecule has 0 bridgehead atoms. The van der Waals surface area contributed by atoms with E-state index < -0.39 is 0 Å². The molecule has 1 unspecified atom stereocenters. The van der Waals surface area contributed by atoms with Crippen molar-refractivity contribution in [1.29, 1.82) is 0 Å². The van der Waals surface area contributed by atoms with E-state index in [4.69, 9.17) is 0 Å². The van der Waals surface area contributed by atoms with Crippen LogP contribution in [0.15, 0.2) is 24.5 Å². The minimum Gasteiger partial charge on any atom is -0.339 e. The van der Waals surface area contributed by atoms with E-state index in [9.17, 15) is 4.79 Å². The fourth-order valence-corrected chi connectivity index (χ4v) is 1.97. The van der Waals surface area contributed by atoms with E-state index in [1.54, 1.807) is 12.4 Å². The van der Waals surface area contributed by atoms with Crippen molar-refractivity contribution in [2.75, 3.05) is 20.1 Å². The van der Waals surface area contributed by atoms with Crippen molar-refractivity contribution >= 4 is 5.91 Å². The van der Waals surface area contributed by atoms with Gasteiger partial charge in [0, 0.05) is 25.9 Å². The molecule has 1 saturated heterocycles. The first-order valence-electron chi connectivity index (χ1n) is 6.04. The third kappa shape index (κ3) is 2.82. The van der Waals surface area contributed by atoms with E-state index in [1.807, 2.05) is 31.0 Å². The molecule has 17 heavy (non-hydrogen) atoms. The van der Waals surface area contributed by atoms with Gasteiger partial charge in [0.2, 0.25) is 5.91 Å². The van der Waals surface area contributed by atoms with Crippen LogP contribution in [0, 0.1) is 5.92 Å². The Bertz CT molecular complexity index is 376. The summed E-state index contributed by atoms with van der Waals surface area (Å²) in [6.07, 6.45) is 4.18. The number of aromatic nitrogens is 1. The van der Waals surface area contributed by atoms with E-state index in [0.717, 1.165) is 18.7 Å². The molecule has 1 aromatic rings. The monoisotopic (exact) mass is 233 g/mol. The van der Waals surface area contributed by atoms with Crippen molar-refractivity contribution < 1.29 is 4.79 Å². The van der Waals surface area contributed by atoms with Crippen LogP contribution in [0.25, 0.3) is 0 Å². The standard InChI is InChI=1S/C13H19N3O/c1-10(12-3-5-14-6-4-12)16(2)13(17)7-11-8-15-9-11/h3-6,10-11,15H,7-9H2,1-2H3. The number of hydrogen-bond acceptors (Lipinski definition) is 3. The molecule has 0 aliphatic carbocycles. The van der Waals surface area contributed by atoms with Gasteiger partial charge in [0.15, 0.2) is 0 Å². The van der Waals surface area contributed by atoms with Crippen molar-refractivity contribution in [2.24, 2.45) is 5.92 Å². The molecule has 1 atom stereocenters. The summed E-state index contributed by atoms with van der Waals surface area (Å²) in [4.78, 5) is 17.9. The maximum Gasteiger partial charge on any atom is 0.223 e. The third-order valence-electron chi connectivity index (χ3n) is 3.49. The van der Waals surface area contributed by atoms with Gasteiger partial charge in [-0.05, 0) is 43.6 Å². The molecule has 1 aliphatic heterocycles. The summed E-state index contributed by atoms with van der Waals surface area (Å²) < 4.78 is 0. The molecule has 1 aromatic heterocycles. The highest BCUT2D eigenvalue weighted by atomic mass is 16.2. The zero-order valence-electron chi connectivity index (χ0n) is 10.4. The Labute approximate surface area is 102 Å². The largest absolute Gasteiger partial charge is 0.339 e. The number of amides is 1. The summed E-state index contributed by atoms with van der Waals surface area (Å²) in [6.45, 7) is 4.00. The summed E-state index contributed by atoms with van der Waals surface area (Å²) in [7, 11) is 1.87. The molecular weight excluding hydrogens is 214 g/mol. The molecule has 92 valence electrons. The van der Waals surface area contributed by atoms with Crippen LogP contribution in [0.2, 0.25) is 0 Å². The third-order valence-corrected chi connectivity index (χ3v) is 3.49. The fourth-order valence-electron chi connectivity index (χ4n) is 1.97. The van der Waals surface area contributed by atoms with Crippen LogP contribution >= 0.6 is 0 Å². The lowest BCUT2D eigenvalue weighted by Gasteiger charge is -2.31. The number of nitrogens with one attached hydrogen (secondary N) is 1. The van der Waals surface area contributed by atoms with E-state index in [-0.39, 0.29) is 11.9 Å². The van der Waals surface area contributed by atoms with Gasteiger partial charge in [0.25, 0.3) is 0 Å². The molecule has 0 spiro atoms. The van der Waals surface area contributed by atoms with Crippen LogP contribution in [0.4, 0.5) is 0 Å². The summed E-state index contributed by atoms with van der Waals surface area (Å²) in [6, 6.07) is 4.03. The number of hydrogen-bond donors (Lipinski definition) is 1. The molecule has 1 N–H and O–H groups in total. The van der Waals surface area contributed by atoms with E-state index in [0.29, 0.717) is 12.3 Å². The number of pyridine rings is 1. The van der Waals surface area contributed by atoms with Gasteiger partial charge in [0.05, 0.1) is 6.04 Å². The second-order valence-electron chi connectivity index (χ2n) is 4.69. The lowest BCUT2D eigenvalue weighted by Crippen LogP contribution is -2.45. The number of nitrogens with zero attached hydrogens (tertiary/aromatic N) is 2. The predicted octanol–water partition coefficient (Wildman–Crippen LogP) is 1.21.